The Labute approximate surface area is 179 Å². The fraction of sp³-hybridized carbons (Fsp3) is 0.500. The van der Waals surface area contributed by atoms with Gasteiger partial charge in [-0.3, -0.25) is 9.59 Å². The number of ether oxygens (including phenoxy) is 1. The first kappa shape index (κ1) is 19.4. The second-order valence-corrected chi connectivity index (χ2v) is 9.35. The highest BCUT2D eigenvalue weighted by atomic mass is 35.5. The van der Waals surface area contributed by atoms with Gasteiger partial charge in [-0.25, -0.2) is 4.68 Å². The highest BCUT2D eigenvalue weighted by molar-refractivity contribution is 6.33. The number of hydrogen-bond donors (Lipinski definition) is 2. The highest BCUT2D eigenvalue weighted by Crippen LogP contribution is 2.61. The maximum atomic E-state index is 13.3. The molecular weight excluding hydrogens is 406 g/mol. The first-order valence-corrected chi connectivity index (χ1v) is 10.7. The van der Waals surface area contributed by atoms with Gasteiger partial charge in [0.1, 0.15) is 10.8 Å². The Kier molecular flexibility index (Phi) is 4.54. The topological polar surface area (TPSA) is 93.4 Å². The van der Waals surface area contributed by atoms with Crippen molar-refractivity contribution < 1.29 is 14.6 Å². The summed E-state index contributed by atoms with van der Waals surface area (Å²) in [6, 6.07) is 7.28. The zero-order valence-corrected chi connectivity index (χ0v) is 17.4. The van der Waals surface area contributed by atoms with Gasteiger partial charge in [0.15, 0.2) is 0 Å². The second-order valence-electron chi connectivity index (χ2n) is 8.97. The van der Waals surface area contributed by atoms with E-state index in [0.717, 1.165) is 19.3 Å². The molecule has 1 heterocycles. The van der Waals surface area contributed by atoms with Crippen LogP contribution in [0.3, 0.4) is 0 Å². The molecule has 4 fully saturated rings. The quantitative estimate of drug-likeness (QED) is 0.749. The van der Waals surface area contributed by atoms with Gasteiger partial charge in [0, 0.05) is 11.8 Å². The lowest BCUT2D eigenvalue weighted by atomic mass is 9.48. The molecule has 4 aliphatic rings. The summed E-state index contributed by atoms with van der Waals surface area (Å²) >= 11 is 6.47. The van der Waals surface area contributed by atoms with Crippen LogP contribution in [0.15, 0.2) is 35.3 Å². The van der Waals surface area contributed by atoms with E-state index < -0.39 is 23.0 Å². The third-order valence-electron chi connectivity index (χ3n) is 7.23. The van der Waals surface area contributed by atoms with Crippen LogP contribution in [0, 0.1) is 23.7 Å². The molecule has 0 saturated heterocycles. The van der Waals surface area contributed by atoms with Crippen LogP contribution in [-0.2, 0) is 10.3 Å². The van der Waals surface area contributed by atoms with Crippen LogP contribution in [0.2, 0.25) is 5.02 Å². The molecule has 4 saturated carbocycles. The van der Waals surface area contributed by atoms with Crippen molar-refractivity contribution in [3.63, 3.8) is 0 Å². The molecule has 0 spiro atoms. The van der Waals surface area contributed by atoms with Crippen LogP contribution < -0.4 is 15.6 Å². The lowest BCUT2D eigenvalue weighted by Crippen LogP contribution is -2.63. The number of aromatic nitrogens is 2. The van der Waals surface area contributed by atoms with Crippen molar-refractivity contribution >= 4 is 28.9 Å². The minimum atomic E-state index is -0.831. The summed E-state index contributed by atoms with van der Waals surface area (Å²) in [7, 11) is 1.58. The minimum Gasteiger partial charge on any atom is -0.497 e. The molecule has 7 nitrogen and oxygen atoms in total. The van der Waals surface area contributed by atoms with Crippen LogP contribution in [0.5, 0.6) is 5.75 Å². The van der Waals surface area contributed by atoms with Crippen LogP contribution in [0.4, 0.5) is 11.4 Å². The Hall–Kier alpha value is -2.54. The van der Waals surface area contributed by atoms with E-state index in [4.69, 9.17) is 16.3 Å². The van der Waals surface area contributed by atoms with Gasteiger partial charge in [-0.05, 0) is 62.0 Å². The number of hydrogen-bond acceptors (Lipinski definition) is 5. The Bertz CT molecular complexity index is 1050. The number of anilines is 2. The normalized spacial score (nSPS) is 31.5. The lowest BCUT2D eigenvalue weighted by molar-refractivity contribution is -0.168. The predicted octanol–water partition coefficient (Wildman–Crippen LogP) is 3.88. The summed E-state index contributed by atoms with van der Waals surface area (Å²) < 4.78 is 6.63. The fourth-order valence-corrected chi connectivity index (χ4v) is 6.60. The Balaban J connectivity index is 1.54. The largest absolute Gasteiger partial charge is 0.497 e. The summed E-state index contributed by atoms with van der Waals surface area (Å²) in [5.41, 5.74) is -0.107. The number of nitrogens with one attached hydrogen (secondary N) is 1. The number of halogens is 1. The van der Waals surface area contributed by atoms with E-state index in [1.807, 2.05) is 18.2 Å². The number of methoxy groups -OCH3 is 1. The third-order valence-corrected chi connectivity index (χ3v) is 7.59. The number of carboxylic acids is 1. The second kappa shape index (κ2) is 7.01. The monoisotopic (exact) mass is 429 g/mol. The third kappa shape index (κ3) is 2.90. The Morgan fingerprint density at radius 3 is 2.70 bits per heavy atom. The molecule has 3 atom stereocenters. The summed E-state index contributed by atoms with van der Waals surface area (Å²) in [5, 5.41) is 17.6. The smallest absolute Gasteiger partial charge is 0.309 e. The number of aliphatic carboxylic acids is 1. The number of nitrogens with zero attached hydrogens (tertiary/aromatic N) is 2. The van der Waals surface area contributed by atoms with Gasteiger partial charge in [-0.1, -0.05) is 17.7 Å². The Morgan fingerprint density at radius 2 is 2.03 bits per heavy atom. The molecule has 2 aromatic rings. The standard InChI is InChI=1S/C22H24ClN3O4/c1-30-16-4-2-3-15(8-16)25-17-11-24-26(20(27)19(17)23)22-9-12-5-13(10-22)7-14(6-12)18(22)21(28)29/h2-4,8,11-14,18,25H,5-7,9-10H2,1H3,(H,28,29)/t12-,13-,14?,18+,22?/m0/s1. The van der Waals surface area contributed by atoms with Crippen LogP contribution >= 0.6 is 11.6 Å². The van der Waals surface area contributed by atoms with Gasteiger partial charge >= 0.3 is 5.97 Å². The van der Waals surface area contributed by atoms with Gasteiger partial charge in [0.25, 0.3) is 5.56 Å². The van der Waals surface area contributed by atoms with Gasteiger partial charge in [0.05, 0.1) is 30.5 Å². The SMILES string of the molecule is COc1cccc(Nc2cnn(C34C[C@@H]5CC(C[C@H](C5)C3)[C@@H]4C(=O)O)c(=O)c2Cl)c1. The highest BCUT2D eigenvalue weighted by Gasteiger charge is 2.61. The van der Waals surface area contributed by atoms with E-state index in [1.165, 1.54) is 10.9 Å². The predicted molar refractivity (Wildman–Crippen MR) is 112 cm³/mol. The fourth-order valence-electron chi connectivity index (χ4n) is 6.43. The molecule has 1 aromatic carbocycles. The molecule has 6 rings (SSSR count). The molecule has 30 heavy (non-hydrogen) atoms. The summed E-state index contributed by atoms with van der Waals surface area (Å²) in [5.74, 6) is 0.275. The molecule has 4 aliphatic carbocycles. The van der Waals surface area contributed by atoms with E-state index in [0.29, 0.717) is 41.8 Å². The minimum absolute atomic E-state index is 0.0210. The number of benzene rings is 1. The molecule has 8 heteroatoms. The van der Waals surface area contributed by atoms with Crippen molar-refractivity contribution in [1.29, 1.82) is 0 Å². The zero-order chi connectivity index (χ0) is 21.0. The van der Waals surface area contributed by atoms with Gasteiger partial charge < -0.3 is 15.2 Å². The van der Waals surface area contributed by atoms with Crippen molar-refractivity contribution in [3.05, 3.63) is 45.8 Å². The van der Waals surface area contributed by atoms with Crippen molar-refractivity contribution in [3.8, 4) is 5.75 Å². The van der Waals surface area contributed by atoms with Gasteiger partial charge in [0.2, 0.25) is 0 Å². The van der Waals surface area contributed by atoms with Gasteiger partial charge in [-0.15, -0.1) is 0 Å². The molecule has 4 bridgehead atoms. The average Bonchev–Trinajstić information content (AvgIpc) is 2.70. The maximum absolute atomic E-state index is 13.3. The van der Waals surface area contributed by atoms with Gasteiger partial charge in [-0.2, -0.15) is 5.10 Å². The van der Waals surface area contributed by atoms with Crippen LogP contribution in [-0.4, -0.2) is 28.0 Å². The van der Waals surface area contributed by atoms with E-state index in [1.54, 1.807) is 13.2 Å². The summed E-state index contributed by atoms with van der Waals surface area (Å²) in [6.45, 7) is 0. The van der Waals surface area contributed by atoms with Crippen molar-refractivity contribution in [1.82, 2.24) is 9.78 Å². The molecule has 2 N–H and O–H groups in total. The number of carbonyl (C=O) groups is 1. The Morgan fingerprint density at radius 1 is 1.30 bits per heavy atom. The van der Waals surface area contributed by atoms with E-state index >= 15 is 0 Å². The molecule has 1 aromatic heterocycles. The van der Waals surface area contributed by atoms with Crippen molar-refractivity contribution in [2.45, 2.75) is 37.6 Å². The molecule has 0 unspecified atom stereocenters. The van der Waals surface area contributed by atoms with E-state index in [2.05, 4.69) is 10.4 Å². The molecule has 0 radical (unpaired) electrons. The first-order chi connectivity index (χ1) is 14.4. The van der Waals surface area contributed by atoms with Crippen molar-refractivity contribution in [2.24, 2.45) is 23.7 Å². The van der Waals surface area contributed by atoms with E-state index in [-0.39, 0.29) is 10.9 Å². The maximum Gasteiger partial charge on any atom is 0.309 e. The molecular formula is C22H24ClN3O4. The summed E-state index contributed by atoms with van der Waals surface area (Å²) in [6.07, 6.45) is 5.90. The molecule has 158 valence electrons. The average molecular weight is 430 g/mol. The van der Waals surface area contributed by atoms with Crippen LogP contribution in [0.25, 0.3) is 0 Å². The van der Waals surface area contributed by atoms with Crippen LogP contribution in [0.1, 0.15) is 32.1 Å². The van der Waals surface area contributed by atoms with Crippen molar-refractivity contribution in [2.75, 3.05) is 12.4 Å². The lowest BCUT2D eigenvalue weighted by Gasteiger charge is -2.59. The molecule has 0 aliphatic heterocycles. The summed E-state index contributed by atoms with van der Waals surface area (Å²) in [4.78, 5) is 25.5. The molecule has 0 amide bonds. The van der Waals surface area contributed by atoms with E-state index in [9.17, 15) is 14.7 Å². The zero-order valence-electron chi connectivity index (χ0n) is 16.7. The number of rotatable bonds is 5. The first-order valence-electron chi connectivity index (χ1n) is 10.3. The number of carboxylic acid groups (broad SMARTS) is 1.